The fourth-order valence-electron chi connectivity index (χ4n) is 2.54. The predicted molar refractivity (Wildman–Crippen MR) is 95.7 cm³/mol. The molecule has 1 aliphatic rings. The summed E-state index contributed by atoms with van der Waals surface area (Å²) in [7, 11) is 0. The molecule has 1 heterocycles. The fraction of sp³-hybridized carbons (Fsp3) is 0.312. The summed E-state index contributed by atoms with van der Waals surface area (Å²) in [4.78, 5) is 29.5. The number of amides is 1. The van der Waals surface area contributed by atoms with Crippen molar-refractivity contribution in [2.75, 3.05) is 5.32 Å². The number of anilines is 1. The van der Waals surface area contributed by atoms with E-state index in [0.717, 1.165) is 15.7 Å². The van der Waals surface area contributed by atoms with Gasteiger partial charge >= 0.3 is 0 Å². The number of hydrogen-bond acceptors (Lipinski definition) is 4. The molecule has 6 heteroatoms. The van der Waals surface area contributed by atoms with Crippen LogP contribution in [0.5, 0.6) is 0 Å². The lowest BCUT2D eigenvalue weighted by atomic mass is 9.78. The molecule has 22 heavy (non-hydrogen) atoms. The topological polar surface area (TPSA) is 59.1 Å². The van der Waals surface area contributed by atoms with Crippen LogP contribution in [-0.2, 0) is 6.42 Å². The van der Waals surface area contributed by atoms with Crippen LogP contribution in [-0.4, -0.2) is 16.7 Å². The van der Waals surface area contributed by atoms with Crippen LogP contribution in [0.15, 0.2) is 24.3 Å². The molecule has 3 rings (SSSR count). The first-order valence-corrected chi connectivity index (χ1v) is 8.83. The quantitative estimate of drug-likeness (QED) is 0.734. The van der Waals surface area contributed by atoms with Gasteiger partial charge in [0.05, 0.1) is 10.6 Å². The SMILES string of the molecule is CC1(C)CC(=O)c2sc(NC(=O)c3ccc(I)cc3)nc2C1. The van der Waals surface area contributed by atoms with Crippen LogP contribution in [0.3, 0.4) is 0 Å². The number of halogens is 1. The second kappa shape index (κ2) is 5.73. The minimum absolute atomic E-state index is 0.0600. The molecule has 4 nitrogen and oxygen atoms in total. The predicted octanol–water partition coefficient (Wildman–Crippen LogP) is 4.16. The fourth-order valence-corrected chi connectivity index (χ4v) is 3.82. The van der Waals surface area contributed by atoms with E-state index in [9.17, 15) is 9.59 Å². The highest BCUT2D eigenvalue weighted by molar-refractivity contribution is 14.1. The summed E-state index contributed by atoms with van der Waals surface area (Å²) in [6.45, 7) is 4.13. The lowest BCUT2D eigenvalue weighted by Crippen LogP contribution is -2.26. The molecule has 0 spiro atoms. The van der Waals surface area contributed by atoms with Crippen molar-refractivity contribution in [3.8, 4) is 0 Å². The highest BCUT2D eigenvalue weighted by Crippen LogP contribution is 2.38. The second-order valence-corrected chi connectivity index (χ2v) is 8.44. The van der Waals surface area contributed by atoms with Crippen molar-refractivity contribution < 1.29 is 9.59 Å². The van der Waals surface area contributed by atoms with Gasteiger partial charge in [-0.25, -0.2) is 4.98 Å². The maximum absolute atomic E-state index is 12.2. The Morgan fingerprint density at radius 3 is 2.64 bits per heavy atom. The second-order valence-electron chi connectivity index (χ2n) is 6.20. The average Bonchev–Trinajstić information content (AvgIpc) is 2.80. The number of hydrogen-bond donors (Lipinski definition) is 1. The molecule has 0 fully saturated rings. The van der Waals surface area contributed by atoms with Crippen molar-refractivity contribution >= 4 is 50.7 Å². The zero-order valence-electron chi connectivity index (χ0n) is 12.3. The molecule has 0 atom stereocenters. The Labute approximate surface area is 146 Å². The van der Waals surface area contributed by atoms with Gasteiger partial charge in [0.1, 0.15) is 0 Å². The molecule has 0 radical (unpaired) electrons. The highest BCUT2D eigenvalue weighted by Gasteiger charge is 2.34. The first-order valence-electron chi connectivity index (χ1n) is 6.94. The molecular weight excluding hydrogens is 411 g/mol. The van der Waals surface area contributed by atoms with Gasteiger partial charge in [-0.05, 0) is 58.7 Å². The van der Waals surface area contributed by atoms with Crippen molar-refractivity contribution in [2.45, 2.75) is 26.7 Å². The molecule has 1 aromatic heterocycles. The van der Waals surface area contributed by atoms with Gasteiger partial charge in [-0.15, -0.1) is 0 Å². The number of fused-ring (bicyclic) bond motifs is 1. The number of rotatable bonds is 2. The summed E-state index contributed by atoms with van der Waals surface area (Å²) in [6.07, 6.45) is 1.30. The number of carbonyl (C=O) groups is 2. The number of nitrogens with zero attached hydrogens (tertiary/aromatic N) is 1. The molecule has 0 unspecified atom stereocenters. The van der Waals surface area contributed by atoms with Crippen LogP contribution in [0.1, 0.15) is 46.0 Å². The third kappa shape index (κ3) is 3.22. The van der Waals surface area contributed by atoms with E-state index in [0.29, 0.717) is 22.0 Å². The summed E-state index contributed by atoms with van der Waals surface area (Å²) in [6, 6.07) is 7.32. The number of benzene rings is 1. The molecule has 1 aliphatic carbocycles. The Kier molecular flexibility index (Phi) is 4.07. The molecular formula is C16H15IN2O2S. The largest absolute Gasteiger partial charge is 0.298 e. The van der Waals surface area contributed by atoms with Crippen LogP contribution in [0, 0.1) is 8.99 Å². The van der Waals surface area contributed by atoms with E-state index in [4.69, 9.17) is 0 Å². The van der Waals surface area contributed by atoms with E-state index in [1.165, 1.54) is 11.3 Å². The minimum atomic E-state index is -0.200. The van der Waals surface area contributed by atoms with E-state index < -0.39 is 0 Å². The Balaban J connectivity index is 1.81. The number of carbonyl (C=O) groups excluding carboxylic acids is 2. The maximum atomic E-state index is 12.2. The number of aromatic nitrogens is 1. The molecule has 1 amide bonds. The van der Waals surface area contributed by atoms with Crippen molar-refractivity contribution in [1.29, 1.82) is 0 Å². The van der Waals surface area contributed by atoms with Crippen molar-refractivity contribution in [2.24, 2.45) is 5.41 Å². The first-order chi connectivity index (χ1) is 10.3. The summed E-state index contributed by atoms with van der Waals surface area (Å²) in [5, 5.41) is 3.30. The minimum Gasteiger partial charge on any atom is -0.298 e. The highest BCUT2D eigenvalue weighted by atomic mass is 127. The van der Waals surface area contributed by atoms with E-state index in [1.54, 1.807) is 12.1 Å². The standard InChI is InChI=1S/C16H15IN2O2S/c1-16(2)7-11-13(12(20)8-16)22-15(18-11)19-14(21)9-3-5-10(17)6-4-9/h3-6H,7-8H2,1-2H3,(H,18,19,21). The first kappa shape index (κ1) is 15.6. The van der Waals surface area contributed by atoms with Gasteiger partial charge in [0.15, 0.2) is 10.9 Å². The Morgan fingerprint density at radius 2 is 1.95 bits per heavy atom. The Morgan fingerprint density at radius 1 is 1.27 bits per heavy atom. The monoisotopic (exact) mass is 426 g/mol. The average molecular weight is 426 g/mol. The summed E-state index contributed by atoms with van der Waals surface area (Å²) in [5.41, 5.74) is 1.33. The van der Waals surface area contributed by atoms with Crippen LogP contribution in [0.4, 0.5) is 5.13 Å². The lowest BCUT2D eigenvalue weighted by Gasteiger charge is -2.26. The summed E-state index contributed by atoms with van der Waals surface area (Å²) < 4.78 is 1.08. The molecule has 0 saturated carbocycles. The van der Waals surface area contributed by atoms with E-state index in [-0.39, 0.29) is 17.1 Å². The van der Waals surface area contributed by atoms with Gasteiger partial charge < -0.3 is 0 Å². The zero-order chi connectivity index (χ0) is 15.9. The van der Waals surface area contributed by atoms with E-state index in [2.05, 4.69) is 46.7 Å². The van der Waals surface area contributed by atoms with E-state index >= 15 is 0 Å². The Hall–Kier alpha value is -1.28. The summed E-state index contributed by atoms with van der Waals surface area (Å²) >= 11 is 3.47. The summed E-state index contributed by atoms with van der Waals surface area (Å²) in [5.74, 6) is -0.0762. The van der Waals surface area contributed by atoms with Gasteiger partial charge in [-0.1, -0.05) is 25.2 Å². The van der Waals surface area contributed by atoms with Crippen molar-refractivity contribution in [3.05, 3.63) is 44.0 Å². The number of thiazole rings is 1. The van der Waals surface area contributed by atoms with Gasteiger partial charge in [-0.3, -0.25) is 14.9 Å². The zero-order valence-corrected chi connectivity index (χ0v) is 15.2. The van der Waals surface area contributed by atoms with Crippen molar-refractivity contribution in [1.82, 2.24) is 4.98 Å². The molecule has 0 aliphatic heterocycles. The Bertz CT molecular complexity index is 750. The molecule has 0 bridgehead atoms. The molecule has 114 valence electrons. The van der Waals surface area contributed by atoms with Gasteiger partial charge in [0.2, 0.25) is 0 Å². The third-order valence-corrected chi connectivity index (χ3v) is 5.34. The number of Topliss-reactive ketones (excluding diaryl/α,β-unsaturated/α-hetero) is 1. The van der Waals surface area contributed by atoms with Crippen LogP contribution >= 0.6 is 33.9 Å². The molecule has 1 aromatic carbocycles. The van der Waals surface area contributed by atoms with Crippen LogP contribution < -0.4 is 5.32 Å². The number of ketones is 1. The number of nitrogens with one attached hydrogen (secondary N) is 1. The molecule has 2 aromatic rings. The third-order valence-electron chi connectivity index (χ3n) is 3.56. The molecule has 1 N–H and O–H groups in total. The van der Waals surface area contributed by atoms with Crippen molar-refractivity contribution in [3.63, 3.8) is 0 Å². The maximum Gasteiger partial charge on any atom is 0.257 e. The lowest BCUT2D eigenvalue weighted by molar-refractivity contribution is 0.0915. The van der Waals surface area contributed by atoms with Crippen LogP contribution in [0.25, 0.3) is 0 Å². The molecule has 0 saturated heterocycles. The van der Waals surface area contributed by atoms with Gasteiger partial charge in [-0.2, -0.15) is 0 Å². The smallest absolute Gasteiger partial charge is 0.257 e. The van der Waals surface area contributed by atoms with Gasteiger partial charge in [0, 0.05) is 15.6 Å². The normalized spacial score (nSPS) is 16.2. The van der Waals surface area contributed by atoms with E-state index in [1.807, 2.05) is 12.1 Å². The van der Waals surface area contributed by atoms with Crippen LogP contribution in [0.2, 0.25) is 0 Å². The van der Waals surface area contributed by atoms with Gasteiger partial charge in [0.25, 0.3) is 5.91 Å².